The number of urea groups is 1. The minimum Gasteiger partial charge on any atom is -0.481 e. The number of benzene rings is 1. The van der Waals surface area contributed by atoms with Crippen LogP contribution in [-0.2, 0) is 4.79 Å². The van der Waals surface area contributed by atoms with Gasteiger partial charge in [-0.25, -0.2) is 4.79 Å². The van der Waals surface area contributed by atoms with Crippen molar-refractivity contribution in [3.8, 4) is 0 Å². The van der Waals surface area contributed by atoms with Crippen LogP contribution >= 0.6 is 23.4 Å². The molecular weight excluding hydrogens is 300 g/mol. The molecule has 2 N–H and O–H groups in total. The van der Waals surface area contributed by atoms with Crippen LogP contribution in [0.1, 0.15) is 6.42 Å². The quantitative estimate of drug-likeness (QED) is 0.900. The molecule has 1 fully saturated rings. The van der Waals surface area contributed by atoms with Gasteiger partial charge in [-0.05, 0) is 24.3 Å². The molecule has 0 spiro atoms. The summed E-state index contributed by atoms with van der Waals surface area (Å²) in [6, 6.07) is 6.28. The Kier molecular flexibility index (Phi) is 5.14. The van der Waals surface area contributed by atoms with E-state index in [-0.39, 0.29) is 18.5 Å². The van der Waals surface area contributed by atoms with E-state index in [4.69, 9.17) is 16.7 Å². The number of carbonyl (C=O) groups is 2. The number of halogens is 1. The Morgan fingerprint density at radius 3 is 2.75 bits per heavy atom. The van der Waals surface area contributed by atoms with Crippen LogP contribution in [0.5, 0.6) is 0 Å². The summed E-state index contributed by atoms with van der Waals surface area (Å²) in [5.41, 5.74) is 0.645. The third-order valence-corrected chi connectivity index (χ3v) is 4.34. The summed E-state index contributed by atoms with van der Waals surface area (Å²) >= 11 is 7.46. The second-order valence-electron chi connectivity index (χ2n) is 4.46. The maximum atomic E-state index is 12.2. The third-order valence-electron chi connectivity index (χ3n) is 2.99. The maximum absolute atomic E-state index is 12.2. The predicted octanol–water partition coefficient (Wildman–Crippen LogP) is 2.76. The van der Waals surface area contributed by atoms with Crippen LogP contribution < -0.4 is 5.32 Å². The molecule has 1 heterocycles. The number of rotatable bonds is 3. The van der Waals surface area contributed by atoms with E-state index in [0.717, 1.165) is 5.75 Å². The Hall–Kier alpha value is -1.40. The summed E-state index contributed by atoms with van der Waals surface area (Å²) in [5.74, 6) is 0.589. The van der Waals surface area contributed by atoms with Gasteiger partial charge in [-0.2, -0.15) is 11.8 Å². The molecule has 5 nitrogen and oxygen atoms in total. The molecule has 0 radical (unpaired) electrons. The second kappa shape index (κ2) is 6.85. The van der Waals surface area contributed by atoms with Gasteiger partial charge in [0.15, 0.2) is 0 Å². The molecule has 1 aromatic carbocycles. The minimum atomic E-state index is -0.887. The fourth-order valence-corrected chi connectivity index (χ4v) is 3.21. The highest BCUT2D eigenvalue weighted by Crippen LogP contribution is 2.21. The van der Waals surface area contributed by atoms with E-state index >= 15 is 0 Å². The molecular formula is C13H15ClN2O3S. The van der Waals surface area contributed by atoms with E-state index in [2.05, 4.69) is 5.32 Å². The lowest BCUT2D eigenvalue weighted by Crippen LogP contribution is -2.48. The number of nitrogens with zero attached hydrogens (tertiary/aromatic N) is 1. The van der Waals surface area contributed by atoms with Crippen molar-refractivity contribution in [2.24, 2.45) is 0 Å². The molecule has 0 aromatic heterocycles. The number of carboxylic acid groups (broad SMARTS) is 1. The summed E-state index contributed by atoms with van der Waals surface area (Å²) in [4.78, 5) is 24.7. The van der Waals surface area contributed by atoms with E-state index in [1.807, 2.05) is 0 Å². The van der Waals surface area contributed by atoms with E-state index < -0.39 is 5.97 Å². The average molecular weight is 315 g/mol. The standard InChI is InChI=1S/C13H15ClN2O3S/c14-9-1-3-10(4-2-9)15-13(19)16-5-6-20-8-11(16)7-12(17)18/h1-4,11H,5-8H2,(H,15,19)(H,17,18). The predicted molar refractivity (Wildman–Crippen MR) is 80.5 cm³/mol. The van der Waals surface area contributed by atoms with E-state index in [1.54, 1.807) is 40.9 Å². The first-order valence-corrected chi connectivity index (χ1v) is 7.72. The topological polar surface area (TPSA) is 69.6 Å². The van der Waals surface area contributed by atoms with Gasteiger partial charge in [0, 0.05) is 28.8 Å². The molecule has 2 amide bonds. The molecule has 0 aliphatic carbocycles. The first kappa shape index (κ1) is 15.0. The number of thioether (sulfide) groups is 1. The van der Waals surface area contributed by atoms with E-state index in [0.29, 0.717) is 23.0 Å². The van der Waals surface area contributed by atoms with Crippen LogP contribution in [0.4, 0.5) is 10.5 Å². The molecule has 1 aliphatic rings. The molecule has 0 bridgehead atoms. The van der Waals surface area contributed by atoms with Gasteiger partial charge in [0.2, 0.25) is 0 Å². The zero-order chi connectivity index (χ0) is 14.5. The normalized spacial score (nSPS) is 18.6. The zero-order valence-electron chi connectivity index (χ0n) is 10.7. The van der Waals surface area contributed by atoms with Crippen molar-refractivity contribution in [2.45, 2.75) is 12.5 Å². The lowest BCUT2D eigenvalue weighted by molar-refractivity contribution is -0.137. The summed E-state index contributed by atoms with van der Waals surface area (Å²) in [6.07, 6.45) is -0.0267. The Morgan fingerprint density at radius 2 is 2.10 bits per heavy atom. The summed E-state index contributed by atoms with van der Waals surface area (Å²) < 4.78 is 0. The highest BCUT2D eigenvalue weighted by molar-refractivity contribution is 7.99. The van der Waals surface area contributed by atoms with Crippen molar-refractivity contribution >= 4 is 41.1 Å². The van der Waals surface area contributed by atoms with Gasteiger partial charge in [0.05, 0.1) is 12.5 Å². The van der Waals surface area contributed by atoms with Crippen molar-refractivity contribution in [1.82, 2.24) is 4.90 Å². The molecule has 108 valence electrons. The van der Waals surface area contributed by atoms with Gasteiger partial charge in [-0.15, -0.1) is 0 Å². The Balaban J connectivity index is 2.01. The third kappa shape index (κ3) is 4.05. The van der Waals surface area contributed by atoms with Gasteiger partial charge in [-0.3, -0.25) is 4.79 Å². The van der Waals surface area contributed by atoms with Gasteiger partial charge >= 0.3 is 12.0 Å². The van der Waals surface area contributed by atoms with Crippen LogP contribution in [0.15, 0.2) is 24.3 Å². The molecule has 20 heavy (non-hydrogen) atoms. The number of amides is 2. The molecule has 1 aliphatic heterocycles. The molecule has 1 unspecified atom stereocenters. The van der Waals surface area contributed by atoms with Crippen LogP contribution in [-0.4, -0.2) is 46.1 Å². The highest BCUT2D eigenvalue weighted by atomic mass is 35.5. The van der Waals surface area contributed by atoms with Gasteiger partial charge < -0.3 is 15.3 Å². The van der Waals surface area contributed by atoms with Crippen LogP contribution in [0.25, 0.3) is 0 Å². The van der Waals surface area contributed by atoms with Gasteiger partial charge in [0.25, 0.3) is 0 Å². The number of hydrogen-bond acceptors (Lipinski definition) is 3. The van der Waals surface area contributed by atoms with Crippen molar-refractivity contribution in [2.75, 3.05) is 23.4 Å². The monoisotopic (exact) mass is 314 g/mol. The average Bonchev–Trinajstić information content (AvgIpc) is 2.41. The van der Waals surface area contributed by atoms with Crippen molar-refractivity contribution in [3.63, 3.8) is 0 Å². The van der Waals surface area contributed by atoms with Crippen LogP contribution in [0.2, 0.25) is 5.02 Å². The Labute approximate surface area is 126 Å². The number of anilines is 1. The van der Waals surface area contributed by atoms with Gasteiger partial charge in [0.1, 0.15) is 0 Å². The van der Waals surface area contributed by atoms with Crippen molar-refractivity contribution in [1.29, 1.82) is 0 Å². The first-order valence-electron chi connectivity index (χ1n) is 6.19. The minimum absolute atomic E-state index is 0.0267. The number of nitrogens with one attached hydrogen (secondary N) is 1. The van der Waals surface area contributed by atoms with E-state index in [9.17, 15) is 9.59 Å². The molecule has 1 saturated heterocycles. The van der Waals surface area contributed by atoms with Crippen LogP contribution in [0, 0.1) is 0 Å². The second-order valence-corrected chi connectivity index (χ2v) is 6.04. The fraction of sp³-hybridized carbons (Fsp3) is 0.385. The summed E-state index contributed by atoms with van der Waals surface area (Å²) in [5, 5.41) is 12.3. The van der Waals surface area contributed by atoms with Crippen molar-refractivity contribution in [3.05, 3.63) is 29.3 Å². The number of hydrogen-bond donors (Lipinski definition) is 2. The van der Waals surface area contributed by atoms with Gasteiger partial charge in [-0.1, -0.05) is 11.6 Å². The lowest BCUT2D eigenvalue weighted by atomic mass is 10.2. The number of carbonyl (C=O) groups excluding carboxylic acids is 1. The SMILES string of the molecule is O=C(O)CC1CSCCN1C(=O)Nc1ccc(Cl)cc1. The number of carboxylic acids is 1. The maximum Gasteiger partial charge on any atom is 0.322 e. The molecule has 2 rings (SSSR count). The zero-order valence-corrected chi connectivity index (χ0v) is 12.3. The highest BCUT2D eigenvalue weighted by Gasteiger charge is 2.28. The Bertz CT molecular complexity index is 495. The van der Waals surface area contributed by atoms with Crippen LogP contribution in [0.3, 0.4) is 0 Å². The first-order chi connectivity index (χ1) is 9.56. The molecule has 1 aromatic rings. The molecule has 0 saturated carbocycles. The smallest absolute Gasteiger partial charge is 0.322 e. The van der Waals surface area contributed by atoms with Crippen molar-refractivity contribution < 1.29 is 14.7 Å². The Morgan fingerprint density at radius 1 is 1.40 bits per heavy atom. The molecule has 1 atom stereocenters. The lowest BCUT2D eigenvalue weighted by Gasteiger charge is -2.34. The summed E-state index contributed by atoms with van der Waals surface area (Å²) in [7, 11) is 0. The summed E-state index contributed by atoms with van der Waals surface area (Å²) in [6.45, 7) is 0.558. The number of aliphatic carboxylic acids is 1. The van der Waals surface area contributed by atoms with E-state index in [1.165, 1.54) is 0 Å². The largest absolute Gasteiger partial charge is 0.481 e. The molecule has 7 heteroatoms. The fourth-order valence-electron chi connectivity index (χ4n) is 2.02.